The minimum absolute atomic E-state index is 0.640. The maximum atomic E-state index is 5.97. The summed E-state index contributed by atoms with van der Waals surface area (Å²) in [6.45, 7) is 3.74. The van der Waals surface area contributed by atoms with E-state index in [9.17, 15) is 0 Å². The molecule has 2 aromatic carbocycles. The lowest BCUT2D eigenvalue weighted by molar-refractivity contribution is 0.218. The predicted molar refractivity (Wildman–Crippen MR) is 87.8 cm³/mol. The Kier molecular flexibility index (Phi) is 4.73. The summed E-state index contributed by atoms with van der Waals surface area (Å²) < 4.78 is 5.97. The number of ether oxygens (including phenoxy) is 1. The number of hydrogen-bond acceptors (Lipinski definition) is 3. The zero-order chi connectivity index (χ0) is 14.5. The number of hydrogen-bond donors (Lipinski definition) is 2. The predicted octanol–water partition coefficient (Wildman–Crippen LogP) is 2.72. The summed E-state index contributed by atoms with van der Waals surface area (Å²) in [5, 5.41) is 5.92. The van der Waals surface area contributed by atoms with E-state index in [2.05, 4.69) is 41.7 Å². The fraction of sp³-hybridized carbons (Fsp3) is 0.444. The SMILES string of the molecule is NCCc1ccc2cc(OCC3CCCNC3)ccc2c1. The molecule has 0 radical (unpaired) electrons. The first-order chi connectivity index (χ1) is 10.3. The van der Waals surface area contributed by atoms with Crippen LogP contribution in [0.25, 0.3) is 10.8 Å². The second kappa shape index (κ2) is 6.92. The molecule has 3 heteroatoms. The van der Waals surface area contributed by atoms with E-state index >= 15 is 0 Å². The lowest BCUT2D eigenvalue weighted by atomic mass is 10.0. The van der Waals surface area contributed by atoms with E-state index in [4.69, 9.17) is 10.5 Å². The van der Waals surface area contributed by atoms with Gasteiger partial charge in [-0.1, -0.05) is 24.3 Å². The molecule has 1 aliphatic rings. The molecule has 0 aromatic heterocycles. The Hall–Kier alpha value is -1.58. The quantitative estimate of drug-likeness (QED) is 0.887. The van der Waals surface area contributed by atoms with Crippen LogP contribution in [-0.2, 0) is 6.42 Å². The van der Waals surface area contributed by atoms with Crippen LogP contribution in [0, 0.1) is 5.92 Å². The van der Waals surface area contributed by atoms with Crippen LogP contribution in [0.2, 0.25) is 0 Å². The van der Waals surface area contributed by atoms with Gasteiger partial charge in [-0.05, 0) is 60.8 Å². The van der Waals surface area contributed by atoms with Gasteiger partial charge in [-0.2, -0.15) is 0 Å². The monoisotopic (exact) mass is 284 g/mol. The molecule has 0 saturated carbocycles. The van der Waals surface area contributed by atoms with Gasteiger partial charge in [0.05, 0.1) is 6.61 Å². The zero-order valence-electron chi connectivity index (χ0n) is 12.5. The van der Waals surface area contributed by atoms with Gasteiger partial charge in [0.1, 0.15) is 5.75 Å². The summed E-state index contributed by atoms with van der Waals surface area (Å²) in [5.74, 6) is 1.61. The summed E-state index contributed by atoms with van der Waals surface area (Å²) in [6.07, 6.45) is 3.46. The minimum atomic E-state index is 0.640. The topological polar surface area (TPSA) is 47.3 Å². The Labute approximate surface area is 126 Å². The average Bonchev–Trinajstić information content (AvgIpc) is 2.54. The van der Waals surface area contributed by atoms with Gasteiger partial charge in [0.15, 0.2) is 0 Å². The van der Waals surface area contributed by atoms with Crippen molar-refractivity contribution in [3.8, 4) is 5.75 Å². The second-order valence-corrected chi connectivity index (χ2v) is 5.91. The van der Waals surface area contributed by atoms with Gasteiger partial charge in [-0.3, -0.25) is 0 Å². The molecule has 1 fully saturated rings. The van der Waals surface area contributed by atoms with Crippen LogP contribution in [0.4, 0.5) is 0 Å². The zero-order valence-corrected chi connectivity index (χ0v) is 12.5. The molecule has 3 nitrogen and oxygen atoms in total. The number of piperidine rings is 1. The van der Waals surface area contributed by atoms with Crippen LogP contribution in [0.1, 0.15) is 18.4 Å². The minimum Gasteiger partial charge on any atom is -0.493 e. The fourth-order valence-corrected chi connectivity index (χ4v) is 2.97. The molecule has 2 aromatic rings. The largest absolute Gasteiger partial charge is 0.493 e. The molecule has 3 N–H and O–H groups in total. The molecule has 112 valence electrons. The van der Waals surface area contributed by atoms with Crippen LogP contribution < -0.4 is 15.8 Å². The van der Waals surface area contributed by atoms with Crippen LogP contribution in [0.5, 0.6) is 5.75 Å². The lowest BCUT2D eigenvalue weighted by Crippen LogP contribution is -2.33. The van der Waals surface area contributed by atoms with Crippen LogP contribution in [0.3, 0.4) is 0 Å². The highest BCUT2D eigenvalue weighted by atomic mass is 16.5. The Morgan fingerprint density at radius 2 is 2.00 bits per heavy atom. The first-order valence-electron chi connectivity index (χ1n) is 7.91. The van der Waals surface area contributed by atoms with Gasteiger partial charge in [-0.15, -0.1) is 0 Å². The Bertz CT molecular complexity index is 591. The van der Waals surface area contributed by atoms with Crippen molar-refractivity contribution in [1.82, 2.24) is 5.32 Å². The molecule has 3 rings (SSSR count). The third kappa shape index (κ3) is 3.74. The van der Waals surface area contributed by atoms with Crippen molar-refractivity contribution < 1.29 is 4.74 Å². The molecular formula is C18H24N2O. The highest BCUT2D eigenvalue weighted by Crippen LogP contribution is 2.23. The van der Waals surface area contributed by atoms with Crippen molar-refractivity contribution in [3.63, 3.8) is 0 Å². The van der Waals surface area contributed by atoms with Gasteiger partial charge in [-0.25, -0.2) is 0 Å². The highest BCUT2D eigenvalue weighted by molar-refractivity contribution is 5.84. The average molecular weight is 284 g/mol. The number of rotatable bonds is 5. The van der Waals surface area contributed by atoms with E-state index in [0.717, 1.165) is 31.9 Å². The van der Waals surface area contributed by atoms with Crippen molar-refractivity contribution in [3.05, 3.63) is 42.0 Å². The van der Waals surface area contributed by atoms with E-state index in [-0.39, 0.29) is 0 Å². The summed E-state index contributed by atoms with van der Waals surface area (Å²) >= 11 is 0. The molecule has 0 aliphatic carbocycles. The van der Waals surface area contributed by atoms with Gasteiger partial charge >= 0.3 is 0 Å². The molecule has 1 atom stereocenters. The maximum absolute atomic E-state index is 5.97. The van der Waals surface area contributed by atoms with E-state index in [1.165, 1.54) is 29.2 Å². The van der Waals surface area contributed by atoms with Crippen molar-refractivity contribution in [2.45, 2.75) is 19.3 Å². The summed E-state index contributed by atoms with van der Waals surface area (Å²) in [4.78, 5) is 0. The molecule has 1 heterocycles. The van der Waals surface area contributed by atoms with Crippen LogP contribution in [-0.4, -0.2) is 26.2 Å². The first-order valence-corrected chi connectivity index (χ1v) is 7.91. The van der Waals surface area contributed by atoms with E-state index in [0.29, 0.717) is 12.5 Å². The number of fused-ring (bicyclic) bond motifs is 1. The van der Waals surface area contributed by atoms with Gasteiger partial charge in [0.25, 0.3) is 0 Å². The summed E-state index contributed by atoms with van der Waals surface area (Å²) in [6, 6.07) is 12.9. The number of nitrogens with two attached hydrogens (primary N) is 1. The Balaban J connectivity index is 1.67. The lowest BCUT2D eigenvalue weighted by Gasteiger charge is -2.22. The maximum Gasteiger partial charge on any atom is 0.119 e. The van der Waals surface area contributed by atoms with Crippen molar-refractivity contribution in [1.29, 1.82) is 0 Å². The van der Waals surface area contributed by atoms with Gasteiger partial charge in [0, 0.05) is 12.5 Å². The van der Waals surface area contributed by atoms with E-state index in [1.807, 2.05) is 0 Å². The normalized spacial score (nSPS) is 18.8. The molecule has 0 amide bonds. The summed E-state index contributed by atoms with van der Waals surface area (Å²) in [7, 11) is 0. The molecule has 0 bridgehead atoms. The highest BCUT2D eigenvalue weighted by Gasteiger charge is 2.13. The Morgan fingerprint density at radius 3 is 2.81 bits per heavy atom. The number of benzene rings is 2. The molecule has 0 spiro atoms. The molecule has 1 unspecified atom stereocenters. The third-order valence-electron chi connectivity index (χ3n) is 4.19. The van der Waals surface area contributed by atoms with Crippen molar-refractivity contribution in [2.75, 3.05) is 26.2 Å². The molecular weight excluding hydrogens is 260 g/mol. The van der Waals surface area contributed by atoms with Crippen LogP contribution in [0.15, 0.2) is 36.4 Å². The van der Waals surface area contributed by atoms with E-state index in [1.54, 1.807) is 0 Å². The molecule has 21 heavy (non-hydrogen) atoms. The Morgan fingerprint density at radius 1 is 1.14 bits per heavy atom. The van der Waals surface area contributed by atoms with Crippen molar-refractivity contribution >= 4 is 10.8 Å². The van der Waals surface area contributed by atoms with Gasteiger partial charge in [0.2, 0.25) is 0 Å². The van der Waals surface area contributed by atoms with Crippen LogP contribution >= 0.6 is 0 Å². The number of nitrogens with one attached hydrogen (secondary N) is 1. The first kappa shape index (κ1) is 14.4. The van der Waals surface area contributed by atoms with Gasteiger partial charge < -0.3 is 15.8 Å². The van der Waals surface area contributed by atoms with E-state index < -0.39 is 0 Å². The second-order valence-electron chi connectivity index (χ2n) is 5.91. The third-order valence-corrected chi connectivity index (χ3v) is 4.19. The molecule has 1 aliphatic heterocycles. The van der Waals surface area contributed by atoms with Crippen molar-refractivity contribution in [2.24, 2.45) is 11.7 Å². The fourth-order valence-electron chi connectivity index (χ4n) is 2.97. The summed E-state index contributed by atoms with van der Waals surface area (Å²) in [5.41, 5.74) is 6.91. The standard InChI is InChI=1S/C18H24N2O/c19-8-7-14-3-4-17-11-18(6-5-16(17)10-14)21-13-15-2-1-9-20-12-15/h3-6,10-11,15,20H,1-2,7-9,12-13,19H2. The molecule has 1 saturated heterocycles. The smallest absolute Gasteiger partial charge is 0.119 e.